The van der Waals surface area contributed by atoms with Gasteiger partial charge in [-0.15, -0.1) is 0 Å². The monoisotopic (exact) mass is 321 g/mol. The van der Waals surface area contributed by atoms with Crippen LogP contribution in [0, 0.1) is 11.6 Å². The van der Waals surface area contributed by atoms with E-state index in [-0.39, 0.29) is 6.54 Å². The lowest BCUT2D eigenvalue weighted by atomic mass is 10.2. The molecule has 0 saturated carbocycles. The summed E-state index contributed by atoms with van der Waals surface area (Å²) in [7, 11) is 0. The number of anilines is 1. The number of hydrogen-bond donors (Lipinski definition) is 1. The second-order valence-corrected chi connectivity index (χ2v) is 5.06. The first kappa shape index (κ1) is 14.4. The Labute approximate surface area is 124 Å². The fourth-order valence-electron chi connectivity index (χ4n) is 1.51. The number of halogens is 5. The third-order valence-corrected chi connectivity index (χ3v) is 3.53. The summed E-state index contributed by atoms with van der Waals surface area (Å²) in [6.07, 6.45) is 0. The summed E-state index contributed by atoms with van der Waals surface area (Å²) in [5.74, 6) is -1.24. The van der Waals surface area contributed by atoms with Crippen LogP contribution >= 0.6 is 34.8 Å². The van der Waals surface area contributed by atoms with Crippen LogP contribution in [0.1, 0.15) is 5.56 Å². The average molecular weight is 323 g/mol. The molecule has 1 nitrogen and oxygen atoms in total. The lowest BCUT2D eigenvalue weighted by molar-refractivity contribution is 0.574. The number of hydrogen-bond acceptors (Lipinski definition) is 1. The molecule has 0 heterocycles. The summed E-state index contributed by atoms with van der Waals surface area (Å²) in [6, 6.07) is 6.43. The maximum Gasteiger partial charge on any atom is 0.131 e. The summed E-state index contributed by atoms with van der Waals surface area (Å²) in [4.78, 5) is 0. The molecular formula is C13H8Cl3F2N. The zero-order chi connectivity index (χ0) is 14.0. The first-order valence-electron chi connectivity index (χ1n) is 5.29. The summed E-state index contributed by atoms with van der Waals surface area (Å²) in [6.45, 7) is 0.157. The van der Waals surface area contributed by atoms with Gasteiger partial charge in [-0.3, -0.25) is 0 Å². The molecule has 0 aromatic heterocycles. The maximum absolute atomic E-state index is 13.4. The van der Waals surface area contributed by atoms with E-state index in [0.717, 1.165) is 6.07 Å². The molecule has 0 spiro atoms. The Morgan fingerprint density at radius 2 is 1.58 bits per heavy atom. The van der Waals surface area contributed by atoms with Crippen LogP contribution in [0.2, 0.25) is 15.1 Å². The van der Waals surface area contributed by atoms with Crippen molar-refractivity contribution < 1.29 is 8.78 Å². The Morgan fingerprint density at radius 1 is 0.895 bits per heavy atom. The van der Waals surface area contributed by atoms with Crippen LogP contribution < -0.4 is 5.32 Å². The lowest BCUT2D eigenvalue weighted by Gasteiger charge is -2.10. The zero-order valence-corrected chi connectivity index (χ0v) is 11.8. The van der Waals surface area contributed by atoms with Gasteiger partial charge in [0.1, 0.15) is 11.6 Å². The second kappa shape index (κ2) is 5.95. The standard InChI is InChI=1S/C13H8Cl3F2N/c14-9-4-11(16)13(5-10(9)15)19-6-7-1-2-8(17)3-12(7)18/h1-5,19H,6H2. The Hall–Kier alpha value is -1.03. The smallest absolute Gasteiger partial charge is 0.131 e. The van der Waals surface area contributed by atoms with E-state index in [2.05, 4.69) is 5.32 Å². The Kier molecular flexibility index (Phi) is 4.50. The molecule has 100 valence electrons. The molecule has 0 amide bonds. The predicted octanol–water partition coefficient (Wildman–Crippen LogP) is 5.54. The van der Waals surface area contributed by atoms with Gasteiger partial charge >= 0.3 is 0 Å². The van der Waals surface area contributed by atoms with Gasteiger partial charge in [-0.05, 0) is 18.2 Å². The highest BCUT2D eigenvalue weighted by Crippen LogP contribution is 2.32. The molecule has 0 unspecified atom stereocenters. The van der Waals surface area contributed by atoms with E-state index in [0.29, 0.717) is 26.3 Å². The molecule has 0 atom stereocenters. The minimum atomic E-state index is -0.622. The summed E-state index contributed by atoms with van der Waals surface area (Å²) >= 11 is 17.6. The molecule has 0 radical (unpaired) electrons. The van der Waals surface area contributed by atoms with Crippen LogP contribution in [0.5, 0.6) is 0 Å². The van der Waals surface area contributed by atoms with Gasteiger partial charge in [0.15, 0.2) is 0 Å². The van der Waals surface area contributed by atoms with Gasteiger partial charge < -0.3 is 5.32 Å². The Balaban J connectivity index is 2.16. The summed E-state index contributed by atoms with van der Waals surface area (Å²) in [5.41, 5.74) is 0.850. The maximum atomic E-state index is 13.4. The van der Waals surface area contributed by atoms with Gasteiger partial charge in [0.2, 0.25) is 0 Å². The number of benzene rings is 2. The van der Waals surface area contributed by atoms with Crippen molar-refractivity contribution in [3.05, 3.63) is 62.6 Å². The van der Waals surface area contributed by atoms with Gasteiger partial charge in [0.25, 0.3) is 0 Å². The van der Waals surface area contributed by atoms with Gasteiger partial charge in [0, 0.05) is 18.2 Å². The van der Waals surface area contributed by atoms with Gasteiger partial charge in [-0.2, -0.15) is 0 Å². The Morgan fingerprint density at radius 3 is 2.26 bits per heavy atom. The van der Waals surface area contributed by atoms with E-state index in [1.54, 1.807) is 6.07 Å². The minimum Gasteiger partial charge on any atom is -0.380 e. The van der Waals surface area contributed by atoms with Crippen molar-refractivity contribution >= 4 is 40.5 Å². The predicted molar refractivity (Wildman–Crippen MR) is 75.2 cm³/mol. The van der Waals surface area contributed by atoms with E-state index in [1.165, 1.54) is 18.2 Å². The molecule has 2 aromatic carbocycles. The molecule has 19 heavy (non-hydrogen) atoms. The molecule has 0 aliphatic carbocycles. The van der Waals surface area contributed by atoms with Crippen molar-refractivity contribution in [2.75, 3.05) is 5.32 Å². The van der Waals surface area contributed by atoms with Crippen molar-refractivity contribution in [3.8, 4) is 0 Å². The van der Waals surface area contributed by atoms with Crippen LogP contribution in [-0.2, 0) is 6.54 Å². The molecule has 2 rings (SSSR count). The first-order valence-corrected chi connectivity index (χ1v) is 6.43. The summed E-state index contributed by atoms with van der Waals surface area (Å²) < 4.78 is 26.2. The van der Waals surface area contributed by atoms with Crippen molar-refractivity contribution in [2.24, 2.45) is 0 Å². The quantitative estimate of drug-likeness (QED) is 0.732. The fourth-order valence-corrected chi connectivity index (χ4v) is 2.13. The van der Waals surface area contributed by atoms with Gasteiger partial charge in [-0.1, -0.05) is 40.9 Å². The van der Waals surface area contributed by atoms with Crippen molar-refractivity contribution in [1.29, 1.82) is 0 Å². The van der Waals surface area contributed by atoms with Gasteiger partial charge in [-0.25, -0.2) is 8.78 Å². The third kappa shape index (κ3) is 3.50. The molecule has 0 aliphatic heterocycles. The number of nitrogens with one attached hydrogen (secondary N) is 1. The molecule has 0 saturated heterocycles. The normalized spacial score (nSPS) is 10.6. The van der Waals surface area contributed by atoms with Crippen LogP contribution in [0.4, 0.5) is 14.5 Å². The minimum absolute atomic E-state index is 0.157. The third-order valence-electron chi connectivity index (χ3n) is 2.49. The molecule has 1 N–H and O–H groups in total. The molecule has 0 fully saturated rings. The average Bonchev–Trinajstić information content (AvgIpc) is 2.34. The van der Waals surface area contributed by atoms with Gasteiger partial charge in [0.05, 0.1) is 20.8 Å². The number of rotatable bonds is 3. The van der Waals surface area contributed by atoms with E-state index in [9.17, 15) is 8.78 Å². The second-order valence-electron chi connectivity index (χ2n) is 3.84. The van der Waals surface area contributed by atoms with Crippen molar-refractivity contribution in [2.45, 2.75) is 6.54 Å². The van der Waals surface area contributed by atoms with Crippen molar-refractivity contribution in [1.82, 2.24) is 0 Å². The van der Waals surface area contributed by atoms with Crippen LogP contribution in [-0.4, -0.2) is 0 Å². The largest absolute Gasteiger partial charge is 0.380 e. The van der Waals surface area contributed by atoms with Crippen LogP contribution in [0.15, 0.2) is 30.3 Å². The zero-order valence-electron chi connectivity index (χ0n) is 9.48. The van der Waals surface area contributed by atoms with Crippen LogP contribution in [0.25, 0.3) is 0 Å². The fraction of sp³-hybridized carbons (Fsp3) is 0.0769. The summed E-state index contributed by atoms with van der Waals surface area (Å²) in [5, 5.41) is 3.97. The highest BCUT2D eigenvalue weighted by atomic mass is 35.5. The highest BCUT2D eigenvalue weighted by Gasteiger charge is 2.08. The lowest BCUT2D eigenvalue weighted by Crippen LogP contribution is -2.02. The SMILES string of the molecule is Fc1ccc(CNc2cc(Cl)c(Cl)cc2Cl)c(F)c1. The first-order chi connectivity index (χ1) is 8.97. The Bertz CT molecular complexity index is 617. The molecule has 6 heteroatoms. The molecule has 0 aliphatic rings. The van der Waals surface area contributed by atoms with E-state index in [1.807, 2.05) is 0 Å². The molecular weight excluding hydrogens is 315 g/mol. The van der Waals surface area contributed by atoms with E-state index >= 15 is 0 Å². The topological polar surface area (TPSA) is 12.0 Å². The van der Waals surface area contributed by atoms with E-state index < -0.39 is 11.6 Å². The van der Waals surface area contributed by atoms with Crippen molar-refractivity contribution in [3.63, 3.8) is 0 Å². The molecule has 0 bridgehead atoms. The van der Waals surface area contributed by atoms with E-state index in [4.69, 9.17) is 34.8 Å². The molecule has 2 aromatic rings. The van der Waals surface area contributed by atoms with Crippen LogP contribution in [0.3, 0.4) is 0 Å². The highest BCUT2D eigenvalue weighted by molar-refractivity contribution is 6.44.